The summed E-state index contributed by atoms with van der Waals surface area (Å²) < 4.78 is 0. The summed E-state index contributed by atoms with van der Waals surface area (Å²) in [5.41, 5.74) is 6.43. The van der Waals surface area contributed by atoms with E-state index in [0.29, 0.717) is 17.0 Å². The lowest BCUT2D eigenvalue weighted by Gasteiger charge is -2.15. The van der Waals surface area contributed by atoms with Crippen molar-refractivity contribution in [1.82, 2.24) is 5.32 Å². The highest BCUT2D eigenvalue weighted by Crippen LogP contribution is 2.27. The average Bonchev–Trinajstić information content (AvgIpc) is 2.83. The lowest BCUT2D eigenvalue weighted by Crippen LogP contribution is -2.31. The van der Waals surface area contributed by atoms with Gasteiger partial charge in [0.25, 0.3) is 5.69 Å². The number of nitrogens with one attached hydrogen (secondary N) is 1. The molecule has 1 aromatic carbocycles. The summed E-state index contributed by atoms with van der Waals surface area (Å²) >= 11 is 5.98. The minimum atomic E-state index is -0.487. The molecule has 1 aliphatic rings. The molecule has 1 amide bonds. The number of hydrogen-bond acceptors (Lipinski definition) is 4. The summed E-state index contributed by atoms with van der Waals surface area (Å²) in [4.78, 5) is 22.1. The van der Waals surface area contributed by atoms with Crippen LogP contribution in [0.25, 0.3) is 0 Å². The normalized spacial score (nSPS) is 20.3. The molecule has 22 heavy (non-hydrogen) atoms. The van der Waals surface area contributed by atoms with Crippen molar-refractivity contribution >= 4 is 35.6 Å². The Hall–Kier alpha value is -1.37. The van der Waals surface area contributed by atoms with Crippen LogP contribution in [0.15, 0.2) is 18.2 Å². The Kier molecular flexibility index (Phi) is 7.06. The molecule has 1 fully saturated rings. The van der Waals surface area contributed by atoms with Crippen molar-refractivity contribution in [1.29, 1.82) is 0 Å². The number of nitro benzene ring substituents is 1. The summed E-state index contributed by atoms with van der Waals surface area (Å²) in [7, 11) is 0. The Morgan fingerprint density at radius 2 is 2.18 bits per heavy atom. The minimum absolute atomic E-state index is 0. The first kappa shape index (κ1) is 18.7. The molecule has 8 heteroatoms. The van der Waals surface area contributed by atoms with Gasteiger partial charge < -0.3 is 11.1 Å². The molecule has 0 unspecified atom stereocenters. The summed E-state index contributed by atoms with van der Waals surface area (Å²) in [5, 5.41) is 13.9. The number of non-ortho nitro benzene ring substituents is 1. The van der Waals surface area contributed by atoms with Gasteiger partial charge in [-0.25, -0.2) is 0 Å². The number of rotatable bonds is 5. The van der Waals surface area contributed by atoms with Gasteiger partial charge in [-0.2, -0.15) is 0 Å². The van der Waals surface area contributed by atoms with Crippen LogP contribution >= 0.6 is 24.0 Å². The van der Waals surface area contributed by atoms with Crippen LogP contribution in [0.1, 0.15) is 31.2 Å². The van der Waals surface area contributed by atoms with Crippen LogP contribution in [0.5, 0.6) is 0 Å². The third-order valence-corrected chi connectivity index (χ3v) is 4.25. The van der Waals surface area contributed by atoms with Gasteiger partial charge in [0.15, 0.2) is 0 Å². The number of halogens is 2. The molecular weight excluding hydrogens is 329 g/mol. The van der Waals surface area contributed by atoms with Gasteiger partial charge in [-0.1, -0.05) is 18.0 Å². The number of nitrogens with two attached hydrogens (primary N) is 1. The Labute approximate surface area is 140 Å². The second kappa shape index (κ2) is 8.31. The predicted molar refractivity (Wildman–Crippen MR) is 87.1 cm³/mol. The molecule has 0 saturated heterocycles. The molecule has 1 aliphatic carbocycles. The fourth-order valence-electron chi connectivity index (χ4n) is 2.63. The van der Waals surface area contributed by atoms with Crippen LogP contribution in [0.2, 0.25) is 5.02 Å². The van der Waals surface area contributed by atoms with Crippen LogP contribution < -0.4 is 11.1 Å². The molecule has 0 heterocycles. The van der Waals surface area contributed by atoms with Crippen LogP contribution in [0.4, 0.5) is 5.69 Å². The van der Waals surface area contributed by atoms with E-state index in [0.717, 1.165) is 19.3 Å². The maximum atomic E-state index is 11.9. The molecule has 0 spiro atoms. The van der Waals surface area contributed by atoms with E-state index in [1.54, 1.807) is 0 Å². The number of nitrogens with zero attached hydrogens (tertiary/aromatic N) is 1. The maximum Gasteiger partial charge on any atom is 0.269 e. The Morgan fingerprint density at radius 3 is 2.77 bits per heavy atom. The van der Waals surface area contributed by atoms with E-state index in [1.165, 1.54) is 18.2 Å². The van der Waals surface area contributed by atoms with E-state index in [1.807, 2.05) is 0 Å². The fourth-order valence-corrected chi connectivity index (χ4v) is 2.82. The molecule has 0 radical (unpaired) electrons. The van der Waals surface area contributed by atoms with Gasteiger partial charge >= 0.3 is 0 Å². The molecule has 1 aromatic rings. The molecule has 3 N–H and O–H groups in total. The molecule has 2 atom stereocenters. The van der Waals surface area contributed by atoms with Crippen molar-refractivity contribution in [3.05, 3.63) is 38.9 Å². The van der Waals surface area contributed by atoms with Crippen LogP contribution in [0, 0.1) is 16.0 Å². The topological polar surface area (TPSA) is 98.3 Å². The first-order valence-electron chi connectivity index (χ1n) is 6.92. The lowest BCUT2D eigenvalue weighted by atomic mass is 10.00. The van der Waals surface area contributed by atoms with Crippen molar-refractivity contribution in [2.45, 2.75) is 38.3 Å². The quantitative estimate of drug-likeness (QED) is 0.631. The van der Waals surface area contributed by atoms with Crippen molar-refractivity contribution in [3.8, 4) is 0 Å². The highest BCUT2D eigenvalue weighted by molar-refractivity contribution is 6.31. The van der Waals surface area contributed by atoms with Crippen LogP contribution in [-0.2, 0) is 11.3 Å². The standard InChI is InChI=1S/C14H18ClN3O3.ClH/c15-12-5-4-11(18(20)21)6-10(12)8-17-14(19)7-9-2-1-3-13(9)16;/h4-6,9,13H,1-3,7-8,16H2,(H,17,19);1H/t9-,13+;/m0./s1. The van der Waals surface area contributed by atoms with Gasteiger partial charge in [0.1, 0.15) is 0 Å². The Bertz CT molecular complexity index is 554. The number of benzene rings is 1. The third-order valence-electron chi connectivity index (χ3n) is 3.88. The van der Waals surface area contributed by atoms with Gasteiger partial charge in [-0.15, -0.1) is 12.4 Å². The number of carbonyl (C=O) groups excluding carboxylic acids is 1. The van der Waals surface area contributed by atoms with Crippen molar-refractivity contribution in [3.63, 3.8) is 0 Å². The van der Waals surface area contributed by atoms with E-state index >= 15 is 0 Å². The number of carbonyl (C=O) groups is 1. The largest absolute Gasteiger partial charge is 0.352 e. The smallest absolute Gasteiger partial charge is 0.269 e. The molecule has 6 nitrogen and oxygen atoms in total. The minimum Gasteiger partial charge on any atom is -0.352 e. The highest BCUT2D eigenvalue weighted by atomic mass is 35.5. The van der Waals surface area contributed by atoms with Crippen molar-refractivity contribution in [2.24, 2.45) is 11.7 Å². The average molecular weight is 348 g/mol. The maximum absolute atomic E-state index is 11.9. The van der Waals surface area contributed by atoms with Gasteiger partial charge in [0.05, 0.1) is 4.92 Å². The monoisotopic (exact) mass is 347 g/mol. The van der Waals surface area contributed by atoms with Crippen molar-refractivity contribution in [2.75, 3.05) is 0 Å². The zero-order valence-corrected chi connectivity index (χ0v) is 13.5. The predicted octanol–water partition coefficient (Wildman–Crippen LogP) is 2.80. The molecule has 0 aliphatic heterocycles. The Balaban J connectivity index is 0.00000242. The van der Waals surface area contributed by atoms with Crippen LogP contribution in [0.3, 0.4) is 0 Å². The van der Waals surface area contributed by atoms with Gasteiger partial charge in [-0.05, 0) is 30.4 Å². The van der Waals surface area contributed by atoms with Gasteiger partial charge in [0, 0.05) is 36.2 Å². The fraction of sp³-hybridized carbons (Fsp3) is 0.500. The lowest BCUT2D eigenvalue weighted by molar-refractivity contribution is -0.384. The molecule has 122 valence electrons. The van der Waals surface area contributed by atoms with E-state index in [-0.39, 0.29) is 42.5 Å². The third kappa shape index (κ3) is 4.83. The first-order valence-corrected chi connectivity index (χ1v) is 7.30. The summed E-state index contributed by atoms with van der Waals surface area (Å²) in [6.07, 6.45) is 3.41. The van der Waals surface area contributed by atoms with E-state index in [9.17, 15) is 14.9 Å². The zero-order chi connectivity index (χ0) is 15.4. The van der Waals surface area contributed by atoms with E-state index in [4.69, 9.17) is 17.3 Å². The molecule has 1 saturated carbocycles. The van der Waals surface area contributed by atoms with Crippen molar-refractivity contribution < 1.29 is 9.72 Å². The first-order chi connectivity index (χ1) is 9.97. The van der Waals surface area contributed by atoms with E-state index < -0.39 is 4.92 Å². The molecule has 2 rings (SSSR count). The summed E-state index contributed by atoms with van der Waals surface area (Å²) in [6, 6.07) is 4.28. The number of hydrogen-bond donors (Lipinski definition) is 2. The number of nitro groups is 1. The zero-order valence-electron chi connectivity index (χ0n) is 12.0. The summed E-state index contributed by atoms with van der Waals surface area (Å²) in [6.45, 7) is 0.182. The SMILES string of the molecule is Cl.N[C@@H]1CCC[C@H]1CC(=O)NCc1cc([N+](=O)[O-])ccc1Cl. The van der Waals surface area contributed by atoms with Gasteiger partial charge in [0.2, 0.25) is 5.91 Å². The molecule has 0 aromatic heterocycles. The van der Waals surface area contributed by atoms with E-state index in [2.05, 4.69) is 5.32 Å². The van der Waals surface area contributed by atoms with Crippen LogP contribution in [-0.4, -0.2) is 16.9 Å². The second-order valence-electron chi connectivity index (χ2n) is 5.37. The molecular formula is C14H19Cl2N3O3. The van der Waals surface area contributed by atoms with Gasteiger partial charge in [-0.3, -0.25) is 14.9 Å². The summed E-state index contributed by atoms with van der Waals surface area (Å²) in [5.74, 6) is 0.130. The Morgan fingerprint density at radius 1 is 1.45 bits per heavy atom. The second-order valence-corrected chi connectivity index (χ2v) is 5.78. The molecule has 0 bridgehead atoms. The highest BCUT2D eigenvalue weighted by Gasteiger charge is 2.25. The number of amides is 1.